The Balaban J connectivity index is 1.90. The Morgan fingerprint density at radius 1 is 1.13 bits per heavy atom. The lowest BCUT2D eigenvalue weighted by molar-refractivity contribution is 0.282. The quantitative estimate of drug-likeness (QED) is 0.831. The van der Waals surface area contributed by atoms with Crippen LogP contribution in [0.5, 0.6) is 0 Å². The van der Waals surface area contributed by atoms with Gasteiger partial charge in [-0.3, -0.25) is 0 Å². The monoisotopic (exact) mass is 339 g/mol. The zero-order valence-electron chi connectivity index (χ0n) is 14.4. The van der Waals surface area contributed by atoms with Gasteiger partial charge in [-0.2, -0.15) is 12.7 Å². The van der Waals surface area contributed by atoms with Gasteiger partial charge in [0.15, 0.2) is 0 Å². The first-order valence-corrected chi connectivity index (χ1v) is 9.86. The summed E-state index contributed by atoms with van der Waals surface area (Å²) in [6, 6.07) is 10.2. The third-order valence-corrected chi connectivity index (χ3v) is 6.44. The summed E-state index contributed by atoms with van der Waals surface area (Å²) < 4.78 is 29.3. The molecular weight excluding hydrogens is 310 g/mol. The summed E-state index contributed by atoms with van der Waals surface area (Å²) in [6.45, 7) is 2.42. The zero-order chi connectivity index (χ0) is 16.9. The van der Waals surface area contributed by atoms with Crippen LogP contribution in [0.2, 0.25) is 0 Å². The third kappa shape index (κ3) is 4.93. The molecule has 5 nitrogen and oxygen atoms in total. The average molecular weight is 340 g/mol. The molecule has 1 aliphatic carbocycles. The maximum Gasteiger partial charge on any atom is 0.279 e. The molecular formula is C17H29N3O2S. The summed E-state index contributed by atoms with van der Waals surface area (Å²) in [5, 5.41) is 0. The van der Waals surface area contributed by atoms with Gasteiger partial charge in [-0.05, 0) is 31.9 Å². The SMILES string of the molecule is CC(CNS(=O)(=O)N(C)C1CCCCC1)N(C)c1ccccc1. The Bertz CT molecular complexity index is 571. The van der Waals surface area contributed by atoms with Gasteiger partial charge in [-0.25, -0.2) is 4.72 Å². The van der Waals surface area contributed by atoms with Crippen LogP contribution in [0.25, 0.3) is 0 Å². The molecule has 1 saturated carbocycles. The molecule has 0 radical (unpaired) electrons. The van der Waals surface area contributed by atoms with E-state index in [-0.39, 0.29) is 12.1 Å². The number of rotatable bonds is 7. The molecule has 0 spiro atoms. The molecule has 1 aromatic rings. The molecule has 0 aromatic heterocycles. The molecule has 2 rings (SSSR count). The van der Waals surface area contributed by atoms with Gasteiger partial charge in [0.25, 0.3) is 10.2 Å². The van der Waals surface area contributed by atoms with Gasteiger partial charge in [-0.1, -0.05) is 37.5 Å². The first-order chi connectivity index (χ1) is 10.9. The van der Waals surface area contributed by atoms with Gasteiger partial charge in [0.05, 0.1) is 0 Å². The third-order valence-electron chi connectivity index (χ3n) is 4.85. The topological polar surface area (TPSA) is 52.7 Å². The van der Waals surface area contributed by atoms with Gasteiger partial charge < -0.3 is 4.90 Å². The van der Waals surface area contributed by atoms with Crippen molar-refractivity contribution in [3.63, 3.8) is 0 Å². The highest BCUT2D eigenvalue weighted by Gasteiger charge is 2.27. The van der Waals surface area contributed by atoms with E-state index in [4.69, 9.17) is 0 Å². The van der Waals surface area contributed by atoms with Crippen LogP contribution >= 0.6 is 0 Å². The van der Waals surface area contributed by atoms with E-state index in [1.54, 1.807) is 7.05 Å². The molecule has 0 bridgehead atoms. The highest BCUT2D eigenvalue weighted by atomic mass is 32.2. The van der Waals surface area contributed by atoms with E-state index < -0.39 is 10.2 Å². The molecule has 6 heteroatoms. The van der Waals surface area contributed by atoms with Gasteiger partial charge in [-0.15, -0.1) is 0 Å². The molecule has 0 saturated heterocycles. The Kier molecular flexibility index (Phi) is 6.44. The Hall–Kier alpha value is -1.11. The van der Waals surface area contributed by atoms with E-state index in [9.17, 15) is 8.42 Å². The Morgan fingerprint density at radius 3 is 2.35 bits per heavy atom. The molecule has 1 N–H and O–H groups in total. The number of para-hydroxylation sites is 1. The summed E-state index contributed by atoms with van der Waals surface area (Å²) in [4.78, 5) is 2.09. The van der Waals surface area contributed by atoms with Crippen molar-refractivity contribution >= 4 is 15.9 Å². The van der Waals surface area contributed by atoms with Crippen LogP contribution in [-0.2, 0) is 10.2 Å². The fourth-order valence-corrected chi connectivity index (χ4v) is 4.28. The molecule has 0 heterocycles. The van der Waals surface area contributed by atoms with Crippen molar-refractivity contribution in [3.05, 3.63) is 30.3 Å². The minimum absolute atomic E-state index is 0.0759. The standard InChI is InChI=1S/C17H29N3O2S/c1-15(19(2)16-10-6-4-7-11-16)14-18-23(21,22)20(3)17-12-8-5-9-13-17/h4,6-7,10-11,15,17-18H,5,8-9,12-14H2,1-3H3. The van der Waals surface area contributed by atoms with Crippen molar-refractivity contribution in [2.75, 3.05) is 25.5 Å². The van der Waals surface area contributed by atoms with Gasteiger partial charge in [0, 0.05) is 38.4 Å². The highest BCUT2D eigenvalue weighted by Crippen LogP contribution is 2.23. The summed E-state index contributed by atoms with van der Waals surface area (Å²) in [7, 11) is 0.270. The van der Waals surface area contributed by atoms with E-state index in [1.807, 2.05) is 44.3 Å². The van der Waals surface area contributed by atoms with Crippen LogP contribution < -0.4 is 9.62 Å². The molecule has 1 aliphatic rings. The number of hydrogen-bond donors (Lipinski definition) is 1. The van der Waals surface area contributed by atoms with Crippen LogP contribution in [0.3, 0.4) is 0 Å². The van der Waals surface area contributed by atoms with E-state index >= 15 is 0 Å². The van der Waals surface area contributed by atoms with Gasteiger partial charge >= 0.3 is 0 Å². The molecule has 23 heavy (non-hydrogen) atoms. The first kappa shape index (κ1) is 18.2. The second kappa shape index (κ2) is 8.13. The number of hydrogen-bond acceptors (Lipinski definition) is 3. The van der Waals surface area contributed by atoms with Crippen molar-refractivity contribution < 1.29 is 8.42 Å². The number of nitrogens with zero attached hydrogens (tertiary/aromatic N) is 2. The molecule has 1 fully saturated rings. The summed E-state index contributed by atoms with van der Waals surface area (Å²) in [5.41, 5.74) is 1.08. The highest BCUT2D eigenvalue weighted by molar-refractivity contribution is 7.87. The molecule has 0 aliphatic heterocycles. The minimum atomic E-state index is -3.41. The fraction of sp³-hybridized carbons (Fsp3) is 0.647. The lowest BCUT2D eigenvalue weighted by Gasteiger charge is -2.32. The van der Waals surface area contributed by atoms with E-state index in [0.717, 1.165) is 31.4 Å². The number of nitrogens with one attached hydrogen (secondary N) is 1. The van der Waals surface area contributed by atoms with Crippen molar-refractivity contribution in [2.24, 2.45) is 0 Å². The first-order valence-electron chi connectivity index (χ1n) is 8.42. The second-order valence-electron chi connectivity index (χ2n) is 6.46. The van der Waals surface area contributed by atoms with Crippen molar-refractivity contribution in [1.82, 2.24) is 9.03 Å². The summed E-state index contributed by atoms with van der Waals surface area (Å²) in [5.74, 6) is 0. The molecule has 130 valence electrons. The summed E-state index contributed by atoms with van der Waals surface area (Å²) >= 11 is 0. The molecule has 1 unspecified atom stereocenters. The number of anilines is 1. The van der Waals surface area contributed by atoms with Crippen LogP contribution in [0.4, 0.5) is 5.69 Å². The van der Waals surface area contributed by atoms with E-state index in [0.29, 0.717) is 6.54 Å². The average Bonchev–Trinajstić information content (AvgIpc) is 2.60. The normalized spacial score (nSPS) is 18.1. The van der Waals surface area contributed by atoms with Crippen molar-refractivity contribution in [1.29, 1.82) is 0 Å². The summed E-state index contributed by atoms with van der Waals surface area (Å²) in [6.07, 6.45) is 5.40. The molecule has 0 amide bonds. The van der Waals surface area contributed by atoms with Crippen LogP contribution in [0.1, 0.15) is 39.0 Å². The van der Waals surface area contributed by atoms with Crippen molar-refractivity contribution in [3.8, 4) is 0 Å². The lowest BCUT2D eigenvalue weighted by Crippen LogP contribution is -2.48. The predicted octanol–water partition coefficient (Wildman–Crippen LogP) is 2.61. The van der Waals surface area contributed by atoms with Crippen LogP contribution in [0, 0.1) is 0 Å². The Labute approximate surface area is 140 Å². The fourth-order valence-electron chi connectivity index (χ4n) is 3.02. The number of likely N-dealkylation sites (N-methyl/N-ethyl adjacent to an activating group) is 1. The lowest BCUT2D eigenvalue weighted by atomic mass is 9.96. The van der Waals surface area contributed by atoms with Crippen molar-refractivity contribution in [2.45, 2.75) is 51.1 Å². The maximum absolute atomic E-state index is 12.5. The van der Waals surface area contributed by atoms with Crippen LogP contribution in [0.15, 0.2) is 30.3 Å². The van der Waals surface area contributed by atoms with E-state index in [2.05, 4.69) is 9.62 Å². The maximum atomic E-state index is 12.5. The minimum Gasteiger partial charge on any atom is -0.371 e. The smallest absolute Gasteiger partial charge is 0.279 e. The van der Waals surface area contributed by atoms with Crippen LogP contribution in [-0.4, -0.2) is 45.4 Å². The number of benzene rings is 1. The van der Waals surface area contributed by atoms with Gasteiger partial charge in [0.1, 0.15) is 0 Å². The largest absolute Gasteiger partial charge is 0.371 e. The van der Waals surface area contributed by atoms with Gasteiger partial charge in [0.2, 0.25) is 0 Å². The molecule has 1 aromatic carbocycles. The second-order valence-corrected chi connectivity index (χ2v) is 8.27. The Morgan fingerprint density at radius 2 is 1.74 bits per heavy atom. The molecule has 1 atom stereocenters. The zero-order valence-corrected chi connectivity index (χ0v) is 15.2. The van der Waals surface area contributed by atoms with E-state index in [1.165, 1.54) is 10.7 Å². The predicted molar refractivity (Wildman–Crippen MR) is 95.9 cm³/mol.